The molecule has 1 fully saturated rings. The van der Waals surface area contributed by atoms with Crippen molar-refractivity contribution in [2.45, 2.75) is 23.8 Å². The maximum atomic E-state index is 13.3. The van der Waals surface area contributed by atoms with E-state index in [-0.39, 0.29) is 50.2 Å². The number of carboxylic acid groups (broad SMARTS) is 1. The fraction of sp³-hybridized carbons (Fsp3) is 0.304. The van der Waals surface area contributed by atoms with Gasteiger partial charge in [0.25, 0.3) is 5.91 Å². The number of hydrogen-bond donors (Lipinski definition) is 1. The first-order valence-electron chi connectivity index (χ1n) is 10.3. The van der Waals surface area contributed by atoms with Crippen LogP contribution in [-0.2, 0) is 14.4 Å². The number of fused-ring (bicyclic) bond motifs is 2. The molecule has 2 heterocycles. The highest BCUT2D eigenvalue weighted by Crippen LogP contribution is 2.31. The number of anilines is 1. The molecular weight excluding hydrogens is 430 g/mol. The van der Waals surface area contributed by atoms with E-state index in [2.05, 4.69) is 5.32 Å². The van der Waals surface area contributed by atoms with Gasteiger partial charge < -0.3 is 25.0 Å². The second kappa shape index (κ2) is 9.04. The number of piperazine rings is 1. The highest BCUT2D eigenvalue weighted by Gasteiger charge is 2.40. The Morgan fingerprint density at radius 3 is 2.47 bits per heavy atom. The molecule has 0 saturated carbocycles. The van der Waals surface area contributed by atoms with Crippen LogP contribution in [-0.4, -0.2) is 65.4 Å². The monoisotopic (exact) mass is 452 g/mol. The molecule has 2 aliphatic heterocycles. The lowest BCUT2D eigenvalue weighted by Crippen LogP contribution is -2.59. The van der Waals surface area contributed by atoms with Crippen LogP contribution in [0.1, 0.15) is 23.2 Å². The summed E-state index contributed by atoms with van der Waals surface area (Å²) in [5.41, 5.74) is 2.68. The Labute approximate surface area is 189 Å². The van der Waals surface area contributed by atoms with Crippen LogP contribution in [0.15, 0.2) is 47.4 Å². The molecule has 0 unspecified atom stereocenters. The number of amides is 3. The molecule has 2 aromatic carbocycles. The van der Waals surface area contributed by atoms with Crippen molar-refractivity contribution in [2.24, 2.45) is 0 Å². The molecule has 32 heavy (non-hydrogen) atoms. The number of nitrogens with one attached hydrogen (secondary N) is 1. The minimum Gasteiger partial charge on any atom is -0.550 e. The molecule has 0 bridgehead atoms. The normalized spacial score (nSPS) is 17.8. The molecule has 9 heteroatoms. The van der Waals surface area contributed by atoms with Crippen molar-refractivity contribution in [1.29, 1.82) is 0 Å². The van der Waals surface area contributed by atoms with Gasteiger partial charge >= 0.3 is 0 Å². The molecule has 2 aliphatic rings. The number of hydrogen-bond acceptors (Lipinski definition) is 6. The quantitative estimate of drug-likeness (QED) is 0.683. The van der Waals surface area contributed by atoms with E-state index in [4.69, 9.17) is 0 Å². The van der Waals surface area contributed by atoms with E-state index in [1.807, 2.05) is 36.6 Å². The van der Waals surface area contributed by atoms with Crippen molar-refractivity contribution in [3.8, 4) is 11.1 Å². The van der Waals surface area contributed by atoms with Gasteiger partial charge in [-0.05, 0) is 48.1 Å². The van der Waals surface area contributed by atoms with Crippen LogP contribution in [0.3, 0.4) is 0 Å². The van der Waals surface area contributed by atoms with Gasteiger partial charge in [0, 0.05) is 30.4 Å². The average molecular weight is 453 g/mol. The number of carboxylic acids is 1. The fourth-order valence-corrected chi connectivity index (χ4v) is 4.42. The molecule has 1 atom stereocenters. The van der Waals surface area contributed by atoms with Crippen LogP contribution in [0.2, 0.25) is 0 Å². The molecule has 3 amide bonds. The van der Waals surface area contributed by atoms with Crippen molar-refractivity contribution in [1.82, 2.24) is 9.80 Å². The van der Waals surface area contributed by atoms with E-state index in [0.29, 0.717) is 11.3 Å². The Hall–Kier alpha value is -3.33. The molecule has 1 saturated heterocycles. The summed E-state index contributed by atoms with van der Waals surface area (Å²) in [4.78, 5) is 53.2. The molecular formula is C23H22N3O5S-. The largest absolute Gasteiger partial charge is 0.550 e. The predicted octanol–water partition coefficient (Wildman–Crippen LogP) is 1.21. The van der Waals surface area contributed by atoms with E-state index in [1.165, 1.54) is 9.80 Å². The highest BCUT2D eigenvalue weighted by molar-refractivity contribution is 7.98. The minimum atomic E-state index is -1.30. The third kappa shape index (κ3) is 4.34. The van der Waals surface area contributed by atoms with Crippen LogP contribution < -0.4 is 10.4 Å². The van der Waals surface area contributed by atoms with Crippen LogP contribution in [0.5, 0.6) is 0 Å². The number of thioether (sulfide) groups is 1. The Kier molecular flexibility index (Phi) is 6.18. The second-order valence-corrected chi connectivity index (χ2v) is 8.58. The zero-order chi connectivity index (χ0) is 22.8. The zero-order valence-corrected chi connectivity index (χ0v) is 18.3. The van der Waals surface area contributed by atoms with E-state index in [9.17, 15) is 24.3 Å². The molecule has 2 aromatic rings. The summed E-state index contributed by atoms with van der Waals surface area (Å²) >= 11 is 1.65. The third-order valence-electron chi connectivity index (χ3n) is 5.77. The summed E-state index contributed by atoms with van der Waals surface area (Å²) in [6.45, 7) is 0.465. The Bertz CT molecular complexity index is 1090. The first kappa shape index (κ1) is 21.9. The van der Waals surface area contributed by atoms with Crippen molar-refractivity contribution in [3.63, 3.8) is 0 Å². The maximum absolute atomic E-state index is 13.3. The van der Waals surface area contributed by atoms with Gasteiger partial charge in [0.2, 0.25) is 11.8 Å². The van der Waals surface area contributed by atoms with E-state index in [1.54, 1.807) is 23.9 Å². The molecule has 0 aromatic heterocycles. The van der Waals surface area contributed by atoms with Gasteiger partial charge in [-0.1, -0.05) is 18.2 Å². The van der Waals surface area contributed by atoms with Gasteiger partial charge in [-0.2, -0.15) is 0 Å². The van der Waals surface area contributed by atoms with Gasteiger partial charge in [0.05, 0.1) is 17.8 Å². The molecule has 8 nitrogen and oxygen atoms in total. The highest BCUT2D eigenvalue weighted by atomic mass is 32.2. The summed E-state index contributed by atoms with van der Waals surface area (Å²) in [6, 6.07) is 12.6. The van der Waals surface area contributed by atoms with Gasteiger partial charge in [-0.3, -0.25) is 14.4 Å². The standard InChI is InChI=1S/C23H23N3O5S/c1-32-16-5-2-14(3-6-16)15-4-7-18-17(12-15)23(31)26-11-10-25(13-19(26)22(30)24-18)20(27)8-9-21(28)29/h2-7,12,19H,8-11,13H2,1H3,(H,24,30)(H,28,29)/p-1/t19-/m0/s1. The summed E-state index contributed by atoms with van der Waals surface area (Å²) in [7, 11) is 0. The van der Waals surface area contributed by atoms with Gasteiger partial charge in [-0.15, -0.1) is 11.8 Å². The Morgan fingerprint density at radius 1 is 1.06 bits per heavy atom. The number of nitrogens with zero attached hydrogens (tertiary/aromatic N) is 2. The number of rotatable bonds is 5. The van der Waals surface area contributed by atoms with Crippen LogP contribution >= 0.6 is 11.8 Å². The van der Waals surface area contributed by atoms with Crippen LogP contribution in [0.25, 0.3) is 11.1 Å². The van der Waals surface area contributed by atoms with Crippen molar-refractivity contribution in [3.05, 3.63) is 48.0 Å². The minimum absolute atomic E-state index is 0.0282. The maximum Gasteiger partial charge on any atom is 0.256 e. The fourth-order valence-electron chi connectivity index (χ4n) is 4.01. The molecule has 0 aliphatic carbocycles. The third-order valence-corrected chi connectivity index (χ3v) is 6.51. The SMILES string of the molecule is CSc1ccc(-c2ccc3c(c2)C(=O)N2CCN(C(=O)CCC(=O)[O-])C[C@H]2C(=O)N3)cc1. The van der Waals surface area contributed by atoms with Crippen molar-refractivity contribution >= 4 is 41.1 Å². The number of aliphatic carboxylic acids is 1. The molecule has 4 rings (SSSR count). The summed E-state index contributed by atoms with van der Waals surface area (Å²) in [6.07, 6.45) is 1.44. The second-order valence-electron chi connectivity index (χ2n) is 7.70. The van der Waals surface area contributed by atoms with Crippen LogP contribution in [0.4, 0.5) is 5.69 Å². The van der Waals surface area contributed by atoms with Crippen molar-refractivity contribution in [2.75, 3.05) is 31.2 Å². The van der Waals surface area contributed by atoms with Gasteiger partial charge in [-0.25, -0.2) is 0 Å². The smallest absolute Gasteiger partial charge is 0.256 e. The molecule has 0 radical (unpaired) electrons. The first-order chi connectivity index (χ1) is 15.4. The molecule has 0 spiro atoms. The van der Waals surface area contributed by atoms with Crippen molar-refractivity contribution < 1.29 is 24.3 Å². The van der Waals surface area contributed by atoms with Gasteiger partial charge in [0.1, 0.15) is 6.04 Å². The topological polar surface area (TPSA) is 110 Å². The van der Waals surface area contributed by atoms with Gasteiger partial charge in [0.15, 0.2) is 0 Å². The Balaban J connectivity index is 1.57. The van der Waals surface area contributed by atoms with E-state index in [0.717, 1.165) is 16.0 Å². The summed E-state index contributed by atoms with van der Waals surface area (Å²) < 4.78 is 0. The zero-order valence-electron chi connectivity index (χ0n) is 17.5. The first-order valence-corrected chi connectivity index (χ1v) is 11.5. The van der Waals surface area contributed by atoms with E-state index >= 15 is 0 Å². The summed E-state index contributed by atoms with van der Waals surface area (Å²) in [5, 5.41) is 13.5. The lowest BCUT2D eigenvalue weighted by Gasteiger charge is -2.39. The Morgan fingerprint density at radius 2 is 1.78 bits per heavy atom. The average Bonchev–Trinajstić information content (AvgIpc) is 2.91. The summed E-state index contributed by atoms with van der Waals surface area (Å²) in [5.74, 6) is -2.31. The number of benzene rings is 2. The number of carbonyl (C=O) groups is 4. The predicted molar refractivity (Wildman–Crippen MR) is 118 cm³/mol. The molecule has 1 N–H and O–H groups in total. The lowest BCUT2D eigenvalue weighted by atomic mass is 10.0. The molecule has 166 valence electrons. The van der Waals surface area contributed by atoms with E-state index < -0.39 is 12.0 Å². The number of carbonyl (C=O) groups excluding carboxylic acids is 4. The van der Waals surface area contributed by atoms with Crippen LogP contribution in [0, 0.1) is 0 Å². The lowest BCUT2D eigenvalue weighted by molar-refractivity contribution is -0.305.